The van der Waals surface area contributed by atoms with Crippen LogP contribution in [0.2, 0.25) is 0 Å². The monoisotopic (exact) mass is 304 g/mol. The molecule has 1 unspecified atom stereocenters. The number of carbonyl (C=O) groups is 3. The highest BCUT2D eigenvalue weighted by Crippen LogP contribution is 2.18. The van der Waals surface area contributed by atoms with Crippen LogP contribution < -0.4 is 0 Å². The van der Waals surface area contributed by atoms with Gasteiger partial charge in [0.05, 0.1) is 13.0 Å². The van der Waals surface area contributed by atoms with E-state index in [2.05, 4.69) is 0 Å². The Morgan fingerprint density at radius 3 is 2.50 bits per heavy atom. The summed E-state index contributed by atoms with van der Waals surface area (Å²) in [5.74, 6) is -0.682. The van der Waals surface area contributed by atoms with Gasteiger partial charge in [-0.25, -0.2) is 0 Å². The molecule has 5 heteroatoms. The maximum absolute atomic E-state index is 11.8. The van der Waals surface area contributed by atoms with Crippen LogP contribution in [0.15, 0.2) is 35.9 Å². The van der Waals surface area contributed by atoms with Crippen molar-refractivity contribution in [3.8, 4) is 5.75 Å². The fraction of sp³-hybridized carbons (Fsp3) is 0.353. The Morgan fingerprint density at radius 1 is 1.27 bits per heavy atom. The van der Waals surface area contributed by atoms with Crippen molar-refractivity contribution in [3.05, 3.63) is 41.5 Å². The minimum absolute atomic E-state index is 0.00668. The Balaban J connectivity index is 2.45. The van der Waals surface area contributed by atoms with Crippen molar-refractivity contribution in [3.63, 3.8) is 0 Å². The fourth-order valence-corrected chi connectivity index (χ4v) is 2.06. The number of ether oxygens (including phenoxy) is 1. The summed E-state index contributed by atoms with van der Waals surface area (Å²) in [5, 5.41) is 9.17. The van der Waals surface area contributed by atoms with Crippen molar-refractivity contribution in [1.29, 1.82) is 0 Å². The zero-order chi connectivity index (χ0) is 16.4. The Bertz CT molecular complexity index is 530. The molecular formula is C17H20O5. The minimum atomic E-state index is -0.438. The van der Waals surface area contributed by atoms with Crippen LogP contribution in [0.4, 0.5) is 0 Å². The predicted octanol–water partition coefficient (Wildman–Crippen LogP) is 2.22. The van der Waals surface area contributed by atoms with Gasteiger partial charge < -0.3 is 14.6 Å². The second-order valence-electron chi connectivity index (χ2n) is 4.85. The number of esters is 1. The zero-order valence-corrected chi connectivity index (χ0v) is 12.5. The SMILES string of the molecule is C/C=C(\C=O)C(CC=O)CC(=O)OCCc1ccc(O)cc1. The average molecular weight is 304 g/mol. The van der Waals surface area contributed by atoms with Gasteiger partial charge in [0.25, 0.3) is 0 Å². The first-order valence-electron chi connectivity index (χ1n) is 7.09. The number of carbonyl (C=O) groups excluding carboxylic acids is 3. The number of benzene rings is 1. The van der Waals surface area contributed by atoms with Crippen molar-refractivity contribution in [2.75, 3.05) is 6.61 Å². The van der Waals surface area contributed by atoms with E-state index >= 15 is 0 Å². The molecule has 1 aromatic carbocycles. The molecule has 0 aliphatic heterocycles. The zero-order valence-electron chi connectivity index (χ0n) is 12.5. The molecule has 1 rings (SSSR count). The van der Waals surface area contributed by atoms with Crippen molar-refractivity contribution in [2.45, 2.75) is 26.2 Å². The Kier molecular flexibility index (Phi) is 7.61. The number of aldehydes is 2. The van der Waals surface area contributed by atoms with E-state index in [0.717, 1.165) is 5.56 Å². The standard InChI is InChI=1S/C17H20O5/c1-2-14(12-19)15(7-9-18)11-17(21)22-10-8-13-3-5-16(20)6-4-13/h2-6,9,12,15,20H,7-8,10-11H2,1H3/b14-2+. The number of hydrogen-bond donors (Lipinski definition) is 1. The molecule has 0 saturated heterocycles. The summed E-state index contributed by atoms with van der Waals surface area (Å²) in [5.41, 5.74) is 1.37. The molecule has 0 heterocycles. The molecule has 0 saturated carbocycles. The van der Waals surface area contributed by atoms with E-state index in [1.54, 1.807) is 37.3 Å². The van der Waals surface area contributed by atoms with Gasteiger partial charge in [0.15, 0.2) is 0 Å². The van der Waals surface area contributed by atoms with Gasteiger partial charge in [-0.2, -0.15) is 0 Å². The molecule has 0 aliphatic carbocycles. The molecule has 0 aromatic heterocycles. The lowest BCUT2D eigenvalue weighted by molar-refractivity contribution is -0.144. The Hall–Kier alpha value is -2.43. The van der Waals surface area contributed by atoms with Gasteiger partial charge in [-0.1, -0.05) is 18.2 Å². The Morgan fingerprint density at radius 2 is 1.95 bits per heavy atom. The number of hydrogen-bond acceptors (Lipinski definition) is 5. The van der Waals surface area contributed by atoms with Crippen molar-refractivity contribution in [1.82, 2.24) is 0 Å². The van der Waals surface area contributed by atoms with Gasteiger partial charge in [-0.15, -0.1) is 0 Å². The summed E-state index contributed by atoms with van der Waals surface area (Å²) >= 11 is 0. The molecule has 5 nitrogen and oxygen atoms in total. The number of allylic oxidation sites excluding steroid dienone is 2. The second-order valence-corrected chi connectivity index (χ2v) is 4.85. The van der Waals surface area contributed by atoms with Gasteiger partial charge in [-0.3, -0.25) is 9.59 Å². The maximum atomic E-state index is 11.8. The molecule has 118 valence electrons. The lowest BCUT2D eigenvalue weighted by Crippen LogP contribution is -2.16. The first-order chi connectivity index (χ1) is 10.6. The average Bonchev–Trinajstić information content (AvgIpc) is 2.50. The number of phenols is 1. The quantitative estimate of drug-likeness (QED) is 0.430. The lowest BCUT2D eigenvalue weighted by atomic mass is 9.93. The summed E-state index contributed by atoms with van der Waals surface area (Å²) in [7, 11) is 0. The van der Waals surface area contributed by atoms with Crippen LogP contribution in [-0.4, -0.2) is 30.3 Å². The molecular weight excluding hydrogens is 284 g/mol. The topological polar surface area (TPSA) is 80.7 Å². The molecule has 0 spiro atoms. The van der Waals surface area contributed by atoms with Crippen LogP contribution in [-0.2, 0) is 25.5 Å². The van der Waals surface area contributed by atoms with Gasteiger partial charge in [-0.05, 0) is 30.2 Å². The lowest BCUT2D eigenvalue weighted by Gasteiger charge is -2.13. The third kappa shape index (κ3) is 5.91. The van der Waals surface area contributed by atoms with Gasteiger partial charge in [0, 0.05) is 18.8 Å². The summed E-state index contributed by atoms with van der Waals surface area (Å²) in [6.45, 7) is 1.90. The third-order valence-corrected chi connectivity index (χ3v) is 3.32. The van der Waals surface area contributed by atoms with Crippen molar-refractivity contribution in [2.24, 2.45) is 5.92 Å². The van der Waals surface area contributed by atoms with E-state index in [1.165, 1.54) is 0 Å². The van der Waals surface area contributed by atoms with Gasteiger partial charge in [0.1, 0.15) is 18.3 Å². The number of rotatable bonds is 9. The first kappa shape index (κ1) is 17.6. The Labute approximate surface area is 129 Å². The maximum Gasteiger partial charge on any atom is 0.306 e. The normalized spacial score (nSPS) is 12.5. The molecule has 0 aliphatic rings. The number of phenolic OH excluding ortho intramolecular Hbond substituents is 1. The number of aromatic hydroxyl groups is 1. The van der Waals surface area contributed by atoms with Crippen LogP contribution in [0, 0.1) is 5.92 Å². The van der Waals surface area contributed by atoms with Crippen LogP contribution in [0.25, 0.3) is 0 Å². The summed E-state index contributed by atoms with van der Waals surface area (Å²) in [6.07, 6.45) is 3.62. The molecule has 0 radical (unpaired) electrons. The molecule has 0 amide bonds. The fourth-order valence-electron chi connectivity index (χ4n) is 2.06. The predicted molar refractivity (Wildman–Crippen MR) is 81.4 cm³/mol. The van der Waals surface area contributed by atoms with Crippen LogP contribution in [0.3, 0.4) is 0 Å². The van der Waals surface area contributed by atoms with Gasteiger partial charge in [0.2, 0.25) is 0 Å². The molecule has 0 fully saturated rings. The van der Waals surface area contributed by atoms with Crippen LogP contribution >= 0.6 is 0 Å². The molecule has 1 aromatic rings. The van der Waals surface area contributed by atoms with E-state index in [4.69, 9.17) is 4.74 Å². The van der Waals surface area contributed by atoms with E-state index < -0.39 is 11.9 Å². The largest absolute Gasteiger partial charge is 0.508 e. The molecule has 22 heavy (non-hydrogen) atoms. The summed E-state index contributed by atoms with van der Waals surface area (Å²) < 4.78 is 5.13. The van der Waals surface area contributed by atoms with E-state index in [-0.39, 0.29) is 25.2 Å². The van der Waals surface area contributed by atoms with Crippen LogP contribution in [0.1, 0.15) is 25.3 Å². The third-order valence-electron chi connectivity index (χ3n) is 3.32. The van der Waals surface area contributed by atoms with Gasteiger partial charge >= 0.3 is 5.97 Å². The smallest absolute Gasteiger partial charge is 0.306 e. The molecule has 1 N–H and O–H groups in total. The van der Waals surface area contributed by atoms with Crippen molar-refractivity contribution >= 4 is 18.5 Å². The van der Waals surface area contributed by atoms with Crippen molar-refractivity contribution < 1.29 is 24.2 Å². The van der Waals surface area contributed by atoms with E-state index in [0.29, 0.717) is 24.6 Å². The van der Waals surface area contributed by atoms with E-state index in [1.807, 2.05) is 0 Å². The molecule has 0 bridgehead atoms. The highest BCUT2D eigenvalue weighted by atomic mass is 16.5. The summed E-state index contributed by atoms with van der Waals surface area (Å²) in [6, 6.07) is 6.64. The first-order valence-corrected chi connectivity index (χ1v) is 7.09. The highest BCUT2D eigenvalue weighted by molar-refractivity contribution is 5.78. The van der Waals surface area contributed by atoms with E-state index in [9.17, 15) is 19.5 Å². The van der Waals surface area contributed by atoms with Crippen LogP contribution in [0.5, 0.6) is 5.75 Å². The second kappa shape index (κ2) is 9.50. The summed E-state index contributed by atoms with van der Waals surface area (Å²) in [4.78, 5) is 33.3. The highest BCUT2D eigenvalue weighted by Gasteiger charge is 2.18. The molecule has 1 atom stereocenters. The minimum Gasteiger partial charge on any atom is -0.508 e.